The van der Waals surface area contributed by atoms with E-state index in [1.54, 1.807) is 0 Å². The highest BCUT2D eigenvalue weighted by atomic mass is 32.2. The van der Waals surface area contributed by atoms with Gasteiger partial charge in [-0.25, -0.2) is 13.4 Å². The third-order valence-corrected chi connectivity index (χ3v) is 5.52. The number of hydrogen-bond acceptors (Lipinski definition) is 7. The summed E-state index contributed by atoms with van der Waals surface area (Å²) >= 11 is 0.151. The van der Waals surface area contributed by atoms with Crippen molar-refractivity contribution in [3.63, 3.8) is 0 Å². The van der Waals surface area contributed by atoms with Crippen LogP contribution in [0.3, 0.4) is 0 Å². The summed E-state index contributed by atoms with van der Waals surface area (Å²) in [4.78, 5) is 26.6. The molecule has 1 aromatic carbocycles. The molecular formula is C13H9F3N2O5S2. The van der Waals surface area contributed by atoms with E-state index in [1.807, 2.05) is 0 Å². The Bertz CT molecular complexity index is 922. The second-order valence-electron chi connectivity index (χ2n) is 4.48. The van der Waals surface area contributed by atoms with Crippen LogP contribution in [-0.2, 0) is 14.6 Å². The first kappa shape index (κ1) is 18.9. The van der Waals surface area contributed by atoms with Gasteiger partial charge in [-0.1, -0.05) is 23.5 Å². The molecule has 7 nitrogen and oxygen atoms in total. The predicted octanol–water partition coefficient (Wildman–Crippen LogP) is 2.61. The predicted molar refractivity (Wildman–Crippen MR) is 81.1 cm³/mol. The maximum absolute atomic E-state index is 12.5. The molecule has 0 aliphatic rings. The number of thiazole rings is 1. The van der Waals surface area contributed by atoms with Gasteiger partial charge in [-0.3, -0.25) is 14.9 Å². The van der Waals surface area contributed by atoms with Crippen LogP contribution in [0, 0.1) is 0 Å². The zero-order chi connectivity index (χ0) is 18.8. The molecule has 1 aromatic heterocycles. The van der Waals surface area contributed by atoms with Crippen LogP contribution in [0.5, 0.6) is 5.75 Å². The van der Waals surface area contributed by atoms with Crippen LogP contribution in [0.15, 0.2) is 34.7 Å². The second kappa shape index (κ2) is 6.80. The third kappa shape index (κ3) is 4.14. The number of hydrogen-bond donors (Lipinski definition) is 1. The number of ether oxygens (including phenoxy) is 1. The van der Waals surface area contributed by atoms with Gasteiger partial charge in [0.05, 0.1) is 11.8 Å². The van der Waals surface area contributed by atoms with E-state index in [-0.39, 0.29) is 27.8 Å². The fraction of sp³-hybridized carbons (Fsp3) is 0.154. The van der Waals surface area contributed by atoms with E-state index in [0.717, 1.165) is 6.92 Å². The van der Waals surface area contributed by atoms with Gasteiger partial charge in [-0.2, -0.15) is 13.2 Å². The molecule has 134 valence electrons. The van der Waals surface area contributed by atoms with Crippen molar-refractivity contribution in [3.05, 3.63) is 36.0 Å². The van der Waals surface area contributed by atoms with Crippen LogP contribution >= 0.6 is 11.3 Å². The molecule has 2 aromatic rings. The molecule has 0 aliphatic heterocycles. The van der Waals surface area contributed by atoms with Gasteiger partial charge in [0.2, 0.25) is 0 Å². The smallest absolute Gasteiger partial charge is 0.426 e. The Morgan fingerprint density at radius 3 is 2.48 bits per heavy atom. The number of nitrogens with zero attached hydrogens (tertiary/aromatic N) is 1. The normalized spacial score (nSPS) is 11.8. The van der Waals surface area contributed by atoms with Crippen LogP contribution in [0.1, 0.15) is 17.3 Å². The molecule has 12 heteroatoms. The van der Waals surface area contributed by atoms with Gasteiger partial charge < -0.3 is 4.74 Å². The number of nitrogens with one attached hydrogen (secondary N) is 1. The summed E-state index contributed by atoms with van der Waals surface area (Å²) in [6.45, 7) is 1.13. The van der Waals surface area contributed by atoms with Crippen molar-refractivity contribution in [1.82, 2.24) is 4.98 Å². The van der Waals surface area contributed by atoms with Crippen LogP contribution in [0.25, 0.3) is 0 Å². The van der Waals surface area contributed by atoms with Crippen LogP contribution in [0.4, 0.5) is 18.3 Å². The van der Waals surface area contributed by atoms with Crippen molar-refractivity contribution in [2.24, 2.45) is 0 Å². The Morgan fingerprint density at radius 1 is 1.24 bits per heavy atom. The van der Waals surface area contributed by atoms with Gasteiger partial charge in [0, 0.05) is 6.92 Å². The Kier molecular flexibility index (Phi) is 5.13. The maximum atomic E-state index is 12.5. The summed E-state index contributed by atoms with van der Waals surface area (Å²) in [7, 11) is -5.54. The zero-order valence-corrected chi connectivity index (χ0v) is 14.0. The number of esters is 1. The third-order valence-electron chi connectivity index (χ3n) is 2.66. The van der Waals surface area contributed by atoms with E-state index >= 15 is 0 Å². The molecule has 0 aliphatic carbocycles. The molecule has 1 N–H and O–H groups in total. The fourth-order valence-electron chi connectivity index (χ4n) is 1.62. The molecule has 0 saturated carbocycles. The first-order valence-electron chi connectivity index (χ1n) is 6.38. The lowest BCUT2D eigenvalue weighted by atomic mass is 10.2. The topological polar surface area (TPSA) is 102 Å². The Hall–Kier alpha value is -2.47. The minimum absolute atomic E-state index is 0.0628. The van der Waals surface area contributed by atoms with Crippen LogP contribution in [0.2, 0.25) is 0 Å². The molecule has 1 amide bonds. The van der Waals surface area contributed by atoms with Gasteiger partial charge in [0.25, 0.3) is 15.7 Å². The number of amides is 1. The number of para-hydroxylation sites is 1. The molecule has 0 atom stereocenters. The standard InChI is InChI=1S/C13H9F3N2O5S2/c1-7(19)23-9-5-3-2-4-8(9)11(20)18-12-17-6-10(24-12)25(21,22)13(14,15)16/h2-6H,1H3,(H,17,18,20). The number of alkyl halides is 3. The number of carbonyl (C=O) groups excluding carboxylic acids is 2. The number of carbonyl (C=O) groups is 2. The van der Waals surface area contributed by atoms with Gasteiger partial charge in [-0.05, 0) is 12.1 Å². The van der Waals surface area contributed by atoms with E-state index in [4.69, 9.17) is 4.74 Å². The van der Waals surface area contributed by atoms with Crippen molar-refractivity contribution in [1.29, 1.82) is 0 Å². The zero-order valence-electron chi connectivity index (χ0n) is 12.3. The molecule has 0 fully saturated rings. The molecule has 2 rings (SSSR count). The molecule has 0 saturated heterocycles. The van der Waals surface area contributed by atoms with Crippen LogP contribution < -0.4 is 10.1 Å². The largest absolute Gasteiger partial charge is 0.502 e. The number of sulfone groups is 1. The highest BCUT2D eigenvalue weighted by Crippen LogP contribution is 2.34. The first-order valence-corrected chi connectivity index (χ1v) is 8.68. The summed E-state index contributed by atoms with van der Waals surface area (Å²) < 4.78 is 63.8. The lowest BCUT2D eigenvalue weighted by Gasteiger charge is -2.07. The molecule has 0 radical (unpaired) electrons. The van der Waals surface area contributed by atoms with Crippen LogP contribution in [-0.4, -0.2) is 30.8 Å². The second-order valence-corrected chi connectivity index (χ2v) is 7.68. The van der Waals surface area contributed by atoms with E-state index in [0.29, 0.717) is 6.20 Å². The first-order chi connectivity index (χ1) is 11.5. The van der Waals surface area contributed by atoms with E-state index in [1.165, 1.54) is 24.3 Å². The van der Waals surface area contributed by atoms with Gasteiger partial charge in [0.15, 0.2) is 9.34 Å². The quantitative estimate of drug-likeness (QED) is 0.632. The lowest BCUT2D eigenvalue weighted by Crippen LogP contribution is -2.22. The number of benzene rings is 1. The Balaban J connectivity index is 2.25. The monoisotopic (exact) mass is 394 g/mol. The number of aromatic nitrogens is 1. The summed E-state index contributed by atoms with van der Waals surface area (Å²) in [6, 6.07) is 5.64. The van der Waals surface area contributed by atoms with Gasteiger partial charge in [0.1, 0.15) is 5.75 Å². The van der Waals surface area contributed by atoms with Gasteiger partial charge >= 0.3 is 11.5 Å². The highest BCUT2D eigenvalue weighted by molar-refractivity contribution is 7.94. The lowest BCUT2D eigenvalue weighted by molar-refractivity contribution is -0.131. The summed E-state index contributed by atoms with van der Waals surface area (Å²) in [5.74, 6) is -1.57. The molecule has 0 bridgehead atoms. The molecule has 0 spiro atoms. The van der Waals surface area contributed by atoms with Crippen molar-refractivity contribution >= 4 is 38.2 Å². The Labute approximate surface area is 143 Å². The Morgan fingerprint density at radius 2 is 1.88 bits per heavy atom. The van der Waals surface area contributed by atoms with Crippen molar-refractivity contribution in [3.8, 4) is 5.75 Å². The fourth-order valence-corrected chi connectivity index (χ4v) is 3.54. The summed E-state index contributed by atoms with van der Waals surface area (Å²) in [5, 5.41) is 1.81. The summed E-state index contributed by atoms with van der Waals surface area (Å²) in [6.07, 6.45) is 0.501. The van der Waals surface area contributed by atoms with E-state index in [2.05, 4.69) is 10.3 Å². The van der Waals surface area contributed by atoms with Gasteiger partial charge in [-0.15, -0.1) is 0 Å². The van der Waals surface area contributed by atoms with E-state index < -0.39 is 31.4 Å². The minimum Gasteiger partial charge on any atom is -0.426 e. The number of halogens is 3. The van der Waals surface area contributed by atoms with Crippen molar-refractivity contribution in [2.45, 2.75) is 16.6 Å². The molecular weight excluding hydrogens is 385 g/mol. The highest BCUT2D eigenvalue weighted by Gasteiger charge is 2.48. The van der Waals surface area contributed by atoms with E-state index in [9.17, 15) is 31.2 Å². The number of anilines is 1. The summed E-state index contributed by atoms with van der Waals surface area (Å²) in [5.41, 5.74) is -5.55. The van der Waals surface area contributed by atoms with Crippen molar-refractivity contribution in [2.75, 3.05) is 5.32 Å². The SMILES string of the molecule is CC(=O)Oc1ccccc1C(=O)Nc1ncc(S(=O)(=O)C(F)(F)F)s1. The number of rotatable bonds is 4. The van der Waals surface area contributed by atoms with Crippen molar-refractivity contribution < 1.29 is 35.9 Å². The average molecular weight is 394 g/mol. The molecule has 1 heterocycles. The maximum Gasteiger partial charge on any atom is 0.502 e. The average Bonchev–Trinajstić information content (AvgIpc) is 2.95. The molecule has 25 heavy (non-hydrogen) atoms. The molecule has 0 unspecified atom stereocenters. The minimum atomic E-state index is -5.54.